The van der Waals surface area contributed by atoms with Crippen LogP contribution in [0.15, 0.2) is 24.3 Å². The summed E-state index contributed by atoms with van der Waals surface area (Å²) in [6, 6.07) is 8.38. The van der Waals surface area contributed by atoms with Crippen LogP contribution in [0.2, 0.25) is 0 Å². The zero-order chi connectivity index (χ0) is 20.9. The SMILES string of the molecule is COc1ccc(CCN2CCC(CN(C)C(=O)[C@H]3CCOC(C)(C)C3)CC2)cc1. The molecule has 0 unspecified atom stereocenters. The predicted molar refractivity (Wildman–Crippen MR) is 116 cm³/mol. The van der Waals surface area contributed by atoms with E-state index in [1.807, 2.05) is 24.1 Å². The molecule has 5 nitrogen and oxygen atoms in total. The summed E-state index contributed by atoms with van der Waals surface area (Å²) >= 11 is 0. The smallest absolute Gasteiger partial charge is 0.225 e. The number of amides is 1. The van der Waals surface area contributed by atoms with Crippen molar-refractivity contribution >= 4 is 5.91 Å². The molecule has 0 bridgehead atoms. The van der Waals surface area contributed by atoms with Gasteiger partial charge in [-0.1, -0.05) is 12.1 Å². The molecule has 0 aliphatic carbocycles. The molecule has 29 heavy (non-hydrogen) atoms. The van der Waals surface area contributed by atoms with Crippen molar-refractivity contribution < 1.29 is 14.3 Å². The Bertz CT molecular complexity index is 651. The lowest BCUT2D eigenvalue weighted by Crippen LogP contribution is -2.45. The van der Waals surface area contributed by atoms with Crippen molar-refractivity contribution in [2.24, 2.45) is 11.8 Å². The lowest BCUT2D eigenvalue weighted by atomic mass is 9.87. The van der Waals surface area contributed by atoms with E-state index in [1.54, 1.807) is 7.11 Å². The Morgan fingerprint density at radius 2 is 1.90 bits per heavy atom. The third kappa shape index (κ3) is 6.45. The van der Waals surface area contributed by atoms with E-state index in [4.69, 9.17) is 9.47 Å². The zero-order valence-electron chi connectivity index (χ0n) is 18.7. The third-order valence-electron chi connectivity index (χ3n) is 6.54. The van der Waals surface area contributed by atoms with E-state index in [0.717, 1.165) is 51.2 Å². The van der Waals surface area contributed by atoms with Crippen molar-refractivity contribution in [3.05, 3.63) is 29.8 Å². The standard InChI is InChI=1S/C24H38N2O3/c1-24(2)17-21(12-16-29-24)23(27)25(3)18-20-10-14-26(15-11-20)13-9-19-5-7-22(28-4)8-6-19/h5-8,20-21H,9-18H2,1-4H3/t21-/m0/s1. The monoisotopic (exact) mass is 402 g/mol. The van der Waals surface area contributed by atoms with Gasteiger partial charge in [0, 0.05) is 32.7 Å². The highest BCUT2D eigenvalue weighted by atomic mass is 16.5. The summed E-state index contributed by atoms with van der Waals surface area (Å²) in [6.45, 7) is 9.14. The number of methoxy groups -OCH3 is 1. The molecule has 2 saturated heterocycles. The molecule has 2 aliphatic heterocycles. The fourth-order valence-electron chi connectivity index (χ4n) is 4.70. The average Bonchev–Trinajstić information content (AvgIpc) is 2.72. The van der Waals surface area contributed by atoms with Gasteiger partial charge in [0.2, 0.25) is 5.91 Å². The van der Waals surface area contributed by atoms with Gasteiger partial charge in [-0.25, -0.2) is 0 Å². The normalized spacial score (nSPS) is 23.0. The molecule has 2 heterocycles. The molecule has 0 spiro atoms. The Kier molecular flexibility index (Phi) is 7.58. The Hall–Kier alpha value is -1.59. The second-order valence-electron chi connectivity index (χ2n) is 9.40. The van der Waals surface area contributed by atoms with E-state index in [9.17, 15) is 4.79 Å². The van der Waals surface area contributed by atoms with Gasteiger partial charge in [0.1, 0.15) is 5.75 Å². The van der Waals surface area contributed by atoms with Gasteiger partial charge in [0.25, 0.3) is 0 Å². The number of hydrogen-bond donors (Lipinski definition) is 0. The maximum Gasteiger partial charge on any atom is 0.225 e. The first kappa shape index (κ1) is 22.1. The number of hydrogen-bond acceptors (Lipinski definition) is 4. The summed E-state index contributed by atoms with van der Waals surface area (Å²) in [5.74, 6) is 1.96. The molecule has 0 aromatic heterocycles. The number of benzene rings is 1. The van der Waals surface area contributed by atoms with Gasteiger partial charge in [-0.05, 0) is 82.7 Å². The first-order valence-corrected chi connectivity index (χ1v) is 11.1. The average molecular weight is 403 g/mol. The number of carbonyl (C=O) groups is 1. The van der Waals surface area contributed by atoms with E-state index >= 15 is 0 Å². The van der Waals surface area contributed by atoms with Crippen molar-refractivity contribution in [3.63, 3.8) is 0 Å². The number of ether oxygens (including phenoxy) is 2. The molecule has 2 aliphatic rings. The van der Waals surface area contributed by atoms with Crippen molar-refractivity contribution in [1.29, 1.82) is 0 Å². The summed E-state index contributed by atoms with van der Waals surface area (Å²) < 4.78 is 11.0. The molecule has 162 valence electrons. The minimum Gasteiger partial charge on any atom is -0.497 e. The fraction of sp³-hybridized carbons (Fsp3) is 0.708. The summed E-state index contributed by atoms with van der Waals surface area (Å²) in [7, 11) is 3.69. The molecule has 0 saturated carbocycles. The van der Waals surface area contributed by atoms with Crippen molar-refractivity contribution in [2.45, 2.75) is 51.6 Å². The molecule has 5 heteroatoms. The molecule has 1 aromatic carbocycles. The van der Waals surface area contributed by atoms with E-state index in [1.165, 1.54) is 18.4 Å². The third-order valence-corrected chi connectivity index (χ3v) is 6.54. The predicted octanol–water partition coefficient (Wildman–Crippen LogP) is 3.61. The Morgan fingerprint density at radius 1 is 1.21 bits per heavy atom. The second kappa shape index (κ2) is 9.94. The second-order valence-corrected chi connectivity index (χ2v) is 9.40. The maximum atomic E-state index is 12.9. The largest absolute Gasteiger partial charge is 0.497 e. The summed E-state index contributed by atoms with van der Waals surface area (Å²) in [6.07, 6.45) is 5.13. The molecule has 1 atom stereocenters. The van der Waals surface area contributed by atoms with Gasteiger partial charge in [-0.3, -0.25) is 4.79 Å². The summed E-state index contributed by atoms with van der Waals surface area (Å²) in [5.41, 5.74) is 1.19. The highest BCUT2D eigenvalue weighted by Gasteiger charge is 2.34. The van der Waals surface area contributed by atoms with Crippen LogP contribution in [-0.2, 0) is 16.0 Å². The van der Waals surface area contributed by atoms with Crippen LogP contribution < -0.4 is 4.74 Å². The molecular weight excluding hydrogens is 364 g/mol. The van der Waals surface area contributed by atoms with Crippen LogP contribution in [0.5, 0.6) is 5.75 Å². The van der Waals surface area contributed by atoms with E-state index in [2.05, 4.69) is 30.9 Å². The molecule has 3 rings (SSSR count). The summed E-state index contributed by atoms with van der Waals surface area (Å²) in [5, 5.41) is 0. The highest BCUT2D eigenvalue weighted by molar-refractivity contribution is 5.78. The minimum absolute atomic E-state index is 0.119. The quantitative estimate of drug-likeness (QED) is 0.699. The van der Waals surface area contributed by atoms with Gasteiger partial charge in [-0.2, -0.15) is 0 Å². The Morgan fingerprint density at radius 3 is 2.52 bits per heavy atom. The topological polar surface area (TPSA) is 42.0 Å². The van der Waals surface area contributed by atoms with Gasteiger partial charge in [0.05, 0.1) is 12.7 Å². The van der Waals surface area contributed by atoms with E-state index in [0.29, 0.717) is 18.4 Å². The molecular formula is C24H38N2O3. The van der Waals surface area contributed by atoms with Crippen LogP contribution in [0.1, 0.15) is 45.1 Å². The summed E-state index contributed by atoms with van der Waals surface area (Å²) in [4.78, 5) is 17.4. The molecule has 0 N–H and O–H groups in total. The molecule has 0 radical (unpaired) electrons. The number of nitrogens with zero attached hydrogens (tertiary/aromatic N) is 2. The Labute approximate surface area is 176 Å². The van der Waals surface area contributed by atoms with Gasteiger partial charge in [0.15, 0.2) is 0 Å². The fourth-order valence-corrected chi connectivity index (χ4v) is 4.70. The number of carbonyl (C=O) groups excluding carboxylic acids is 1. The Balaban J connectivity index is 1.38. The van der Waals surface area contributed by atoms with Crippen LogP contribution in [0.25, 0.3) is 0 Å². The van der Waals surface area contributed by atoms with Crippen LogP contribution in [0.4, 0.5) is 0 Å². The van der Waals surface area contributed by atoms with Crippen LogP contribution in [0, 0.1) is 11.8 Å². The molecule has 1 aromatic rings. The number of rotatable bonds is 7. The van der Waals surface area contributed by atoms with Crippen molar-refractivity contribution in [2.75, 3.05) is 46.9 Å². The van der Waals surface area contributed by atoms with Crippen molar-refractivity contribution in [3.8, 4) is 5.75 Å². The van der Waals surface area contributed by atoms with E-state index < -0.39 is 0 Å². The lowest BCUT2D eigenvalue weighted by Gasteiger charge is -2.38. The van der Waals surface area contributed by atoms with Crippen LogP contribution >= 0.6 is 0 Å². The molecule has 1 amide bonds. The van der Waals surface area contributed by atoms with Gasteiger partial charge >= 0.3 is 0 Å². The van der Waals surface area contributed by atoms with E-state index in [-0.39, 0.29) is 11.5 Å². The lowest BCUT2D eigenvalue weighted by molar-refractivity contribution is -0.144. The minimum atomic E-state index is -0.172. The first-order valence-electron chi connectivity index (χ1n) is 11.1. The van der Waals surface area contributed by atoms with Gasteiger partial charge in [-0.15, -0.1) is 0 Å². The maximum absolute atomic E-state index is 12.9. The van der Waals surface area contributed by atoms with Gasteiger partial charge < -0.3 is 19.3 Å². The number of piperidine rings is 1. The van der Waals surface area contributed by atoms with Crippen LogP contribution in [0.3, 0.4) is 0 Å². The first-order chi connectivity index (χ1) is 13.9. The zero-order valence-corrected chi connectivity index (χ0v) is 18.7. The molecule has 2 fully saturated rings. The highest BCUT2D eigenvalue weighted by Crippen LogP contribution is 2.30. The van der Waals surface area contributed by atoms with Crippen LogP contribution in [-0.4, -0.2) is 68.3 Å². The van der Waals surface area contributed by atoms with Crippen molar-refractivity contribution in [1.82, 2.24) is 9.80 Å². The number of likely N-dealkylation sites (tertiary alicyclic amines) is 1.